The normalized spacial score (nSPS) is 13.3. The summed E-state index contributed by atoms with van der Waals surface area (Å²) < 4.78 is 0. The van der Waals surface area contributed by atoms with Crippen LogP contribution in [-0.4, -0.2) is 5.54 Å². The summed E-state index contributed by atoms with van der Waals surface area (Å²) in [5.41, 5.74) is 9.43. The first-order valence-corrected chi connectivity index (χ1v) is 6.24. The number of aryl methyl sites for hydroxylation is 1. The third kappa shape index (κ3) is 2.80. The molecule has 93 valence electrons. The molecule has 0 saturated carbocycles. The van der Waals surface area contributed by atoms with E-state index < -0.39 is 5.54 Å². The van der Waals surface area contributed by atoms with Gasteiger partial charge in [0.05, 0.1) is 0 Å². The molecule has 2 N–H and O–H groups in total. The standard InChI is InChI=1S/C17H20N/c1-13-8-7-11-15(12-13)16(17(2,3)18)14-9-5-4-6-10-14/h4-12,16H,2,18H2,1,3H3. The van der Waals surface area contributed by atoms with E-state index in [1.54, 1.807) is 0 Å². The smallest absolute Gasteiger partial charge is 0.0267 e. The number of nitrogens with two attached hydrogens (primary N) is 1. The van der Waals surface area contributed by atoms with Crippen LogP contribution in [-0.2, 0) is 0 Å². The Morgan fingerprint density at radius 3 is 2.17 bits per heavy atom. The summed E-state index contributed by atoms with van der Waals surface area (Å²) in [6.07, 6.45) is 0. The van der Waals surface area contributed by atoms with Gasteiger partial charge in [0, 0.05) is 11.5 Å². The summed E-state index contributed by atoms with van der Waals surface area (Å²) in [5.74, 6) is 0.110. The molecule has 2 atom stereocenters. The Morgan fingerprint density at radius 1 is 1.00 bits per heavy atom. The van der Waals surface area contributed by atoms with Crippen LogP contribution in [0.4, 0.5) is 0 Å². The molecule has 0 spiro atoms. The fraction of sp³-hybridized carbons (Fsp3) is 0.235. The molecule has 2 unspecified atom stereocenters. The average Bonchev–Trinajstić information content (AvgIpc) is 2.28. The van der Waals surface area contributed by atoms with Gasteiger partial charge < -0.3 is 5.73 Å². The summed E-state index contributed by atoms with van der Waals surface area (Å²) >= 11 is 0. The summed E-state index contributed by atoms with van der Waals surface area (Å²) in [6.45, 7) is 8.21. The van der Waals surface area contributed by atoms with Gasteiger partial charge >= 0.3 is 0 Å². The van der Waals surface area contributed by atoms with Crippen molar-refractivity contribution in [2.45, 2.75) is 25.3 Å². The fourth-order valence-electron chi connectivity index (χ4n) is 2.45. The molecule has 2 rings (SSSR count). The third-order valence-electron chi connectivity index (χ3n) is 3.17. The van der Waals surface area contributed by atoms with E-state index in [0.717, 1.165) is 0 Å². The number of hydrogen-bond donors (Lipinski definition) is 1. The van der Waals surface area contributed by atoms with Crippen LogP contribution >= 0.6 is 0 Å². The Kier molecular flexibility index (Phi) is 3.53. The molecule has 2 aromatic carbocycles. The predicted molar refractivity (Wildman–Crippen MR) is 77.4 cm³/mol. The Hall–Kier alpha value is -1.60. The molecular formula is C17H20N. The minimum absolute atomic E-state index is 0.110. The third-order valence-corrected chi connectivity index (χ3v) is 3.17. The van der Waals surface area contributed by atoms with E-state index in [-0.39, 0.29) is 5.92 Å². The zero-order valence-electron chi connectivity index (χ0n) is 11.1. The van der Waals surface area contributed by atoms with E-state index in [4.69, 9.17) is 5.73 Å². The number of rotatable bonds is 3. The van der Waals surface area contributed by atoms with Crippen LogP contribution in [0.2, 0.25) is 0 Å². The Morgan fingerprint density at radius 2 is 1.61 bits per heavy atom. The van der Waals surface area contributed by atoms with E-state index in [0.29, 0.717) is 0 Å². The lowest BCUT2D eigenvalue weighted by Gasteiger charge is -2.31. The van der Waals surface area contributed by atoms with Crippen molar-refractivity contribution in [3.63, 3.8) is 0 Å². The van der Waals surface area contributed by atoms with Crippen LogP contribution in [0.25, 0.3) is 0 Å². The highest BCUT2D eigenvalue weighted by Gasteiger charge is 2.28. The van der Waals surface area contributed by atoms with Gasteiger partial charge in [0.15, 0.2) is 0 Å². The molecule has 1 heteroatoms. The summed E-state index contributed by atoms with van der Waals surface area (Å²) in [5, 5.41) is 0. The molecule has 1 radical (unpaired) electrons. The van der Waals surface area contributed by atoms with E-state index in [1.807, 2.05) is 25.1 Å². The van der Waals surface area contributed by atoms with Crippen LogP contribution < -0.4 is 5.73 Å². The van der Waals surface area contributed by atoms with Gasteiger partial charge in [-0.3, -0.25) is 0 Å². The van der Waals surface area contributed by atoms with Crippen LogP contribution in [0.3, 0.4) is 0 Å². The molecule has 0 aliphatic carbocycles. The lowest BCUT2D eigenvalue weighted by molar-refractivity contribution is 0.508. The van der Waals surface area contributed by atoms with Crippen LogP contribution in [0, 0.1) is 13.8 Å². The van der Waals surface area contributed by atoms with E-state index >= 15 is 0 Å². The monoisotopic (exact) mass is 238 g/mol. The summed E-state index contributed by atoms with van der Waals surface area (Å²) in [6, 6.07) is 18.8. The maximum atomic E-state index is 6.28. The van der Waals surface area contributed by atoms with Crippen LogP contribution in [0.1, 0.15) is 29.5 Å². The van der Waals surface area contributed by atoms with Crippen molar-refractivity contribution in [2.75, 3.05) is 0 Å². The van der Waals surface area contributed by atoms with Gasteiger partial charge in [-0.2, -0.15) is 0 Å². The van der Waals surface area contributed by atoms with Crippen molar-refractivity contribution in [3.8, 4) is 0 Å². The van der Waals surface area contributed by atoms with Crippen LogP contribution in [0.5, 0.6) is 0 Å². The molecule has 18 heavy (non-hydrogen) atoms. The quantitative estimate of drug-likeness (QED) is 0.867. The molecule has 0 heterocycles. The second kappa shape index (κ2) is 4.95. The van der Waals surface area contributed by atoms with E-state index in [1.165, 1.54) is 16.7 Å². The van der Waals surface area contributed by atoms with Crippen molar-refractivity contribution in [2.24, 2.45) is 5.73 Å². The predicted octanol–water partition coefficient (Wildman–Crippen LogP) is 3.68. The first-order chi connectivity index (χ1) is 8.48. The zero-order valence-corrected chi connectivity index (χ0v) is 11.1. The second-order valence-electron chi connectivity index (χ2n) is 5.26. The van der Waals surface area contributed by atoms with Crippen molar-refractivity contribution in [1.82, 2.24) is 0 Å². The maximum absolute atomic E-state index is 6.28. The highest BCUT2D eigenvalue weighted by atomic mass is 14.7. The van der Waals surface area contributed by atoms with Gasteiger partial charge in [-0.25, -0.2) is 0 Å². The average molecular weight is 238 g/mol. The van der Waals surface area contributed by atoms with Gasteiger partial charge in [0.2, 0.25) is 0 Å². The largest absolute Gasteiger partial charge is 0.324 e. The fourth-order valence-corrected chi connectivity index (χ4v) is 2.45. The molecule has 2 aromatic rings. The van der Waals surface area contributed by atoms with Gasteiger partial charge in [0.1, 0.15) is 0 Å². The second-order valence-corrected chi connectivity index (χ2v) is 5.26. The molecule has 0 amide bonds. The topological polar surface area (TPSA) is 26.0 Å². The first kappa shape index (κ1) is 12.8. The zero-order chi connectivity index (χ0) is 13.2. The Labute approximate surface area is 110 Å². The molecule has 0 aliphatic heterocycles. The molecule has 0 fully saturated rings. The SMILES string of the molecule is [CH2]C(C)(N)C(c1ccccc1)c1cccc(C)c1. The van der Waals surface area contributed by atoms with Gasteiger partial charge in [0.25, 0.3) is 0 Å². The molecule has 0 aliphatic rings. The van der Waals surface area contributed by atoms with Crippen molar-refractivity contribution in [1.29, 1.82) is 0 Å². The van der Waals surface area contributed by atoms with Crippen molar-refractivity contribution in [3.05, 3.63) is 78.2 Å². The van der Waals surface area contributed by atoms with Gasteiger partial charge in [-0.15, -0.1) is 0 Å². The Bertz CT molecular complexity index is 509. The molecule has 1 nitrogen and oxygen atoms in total. The number of benzene rings is 2. The van der Waals surface area contributed by atoms with Crippen LogP contribution in [0.15, 0.2) is 54.6 Å². The highest BCUT2D eigenvalue weighted by molar-refractivity contribution is 5.38. The van der Waals surface area contributed by atoms with Gasteiger partial charge in [-0.1, -0.05) is 60.2 Å². The minimum atomic E-state index is -0.533. The lowest BCUT2D eigenvalue weighted by atomic mass is 9.77. The van der Waals surface area contributed by atoms with Crippen molar-refractivity contribution < 1.29 is 0 Å². The summed E-state index contributed by atoms with van der Waals surface area (Å²) in [4.78, 5) is 0. The molecule has 0 saturated heterocycles. The van der Waals surface area contributed by atoms with E-state index in [9.17, 15) is 0 Å². The summed E-state index contributed by atoms with van der Waals surface area (Å²) in [7, 11) is 0. The lowest BCUT2D eigenvalue weighted by Crippen LogP contribution is -2.40. The highest BCUT2D eigenvalue weighted by Crippen LogP contribution is 2.33. The minimum Gasteiger partial charge on any atom is -0.324 e. The molecule has 0 aromatic heterocycles. The molecular weight excluding hydrogens is 218 g/mol. The van der Waals surface area contributed by atoms with E-state index in [2.05, 4.69) is 50.2 Å². The van der Waals surface area contributed by atoms with Crippen molar-refractivity contribution >= 4 is 0 Å². The Balaban J connectivity index is 2.51. The molecule has 0 bridgehead atoms. The maximum Gasteiger partial charge on any atom is 0.0267 e. The number of hydrogen-bond acceptors (Lipinski definition) is 1. The van der Waals surface area contributed by atoms with Gasteiger partial charge in [-0.05, 0) is 31.9 Å². The first-order valence-electron chi connectivity index (χ1n) is 6.24.